The van der Waals surface area contributed by atoms with Gasteiger partial charge in [-0.1, -0.05) is 95.1 Å². The molecule has 3 aromatic rings. The molecule has 36 heavy (non-hydrogen) atoms. The van der Waals surface area contributed by atoms with Crippen LogP contribution < -0.4 is 5.32 Å². The van der Waals surface area contributed by atoms with E-state index in [9.17, 15) is 9.59 Å². The average Bonchev–Trinajstić information content (AvgIpc) is 2.87. The van der Waals surface area contributed by atoms with Crippen molar-refractivity contribution in [2.75, 3.05) is 5.75 Å². The van der Waals surface area contributed by atoms with Gasteiger partial charge < -0.3 is 10.2 Å². The minimum absolute atomic E-state index is 0.0317. The van der Waals surface area contributed by atoms with Crippen LogP contribution in [0.15, 0.2) is 83.3 Å². The van der Waals surface area contributed by atoms with Crippen LogP contribution in [-0.4, -0.2) is 34.6 Å². The third kappa shape index (κ3) is 8.82. The van der Waals surface area contributed by atoms with E-state index in [2.05, 4.69) is 46.4 Å². The highest BCUT2D eigenvalue weighted by molar-refractivity contribution is 9.10. The highest BCUT2D eigenvalue weighted by atomic mass is 79.9. The Morgan fingerprint density at radius 2 is 1.64 bits per heavy atom. The highest BCUT2D eigenvalue weighted by Gasteiger charge is 2.30. The minimum Gasteiger partial charge on any atom is -0.352 e. The Bertz CT molecular complexity index is 1120. The summed E-state index contributed by atoms with van der Waals surface area (Å²) < 4.78 is 0.980. The molecule has 1 N–H and O–H groups in total. The van der Waals surface area contributed by atoms with Gasteiger partial charge in [0.15, 0.2) is 0 Å². The van der Waals surface area contributed by atoms with Crippen LogP contribution in [0, 0.1) is 6.92 Å². The number of halogens is 1. The highest BCUT2D eigenvalue weighted by Crippen LogP contribution is 2.20. The number of benzene rings is 3. The number of amides is 2. The number of nitrogens with zero attached hydrogens (tertiary/aromatic N) is 1. The van der Waals surface area contributed by atoms with Crippen LogP contribution in [0.2, 0.25) is 0 Å². The van der Waals surface area contributed by atoms with Crippen LogP contribution in [0.5, 0.6) is 0 Å². The summed E-state index contributed by atoms with van der Waals surface area (Å²) >= 11 is 5.07. The van der Waals surface area contributed by atoms with Gasteiger partial charge in [-0.15, -0.1) is 11.8 Å². The SMILES string of the molecule is CC[C@@H](C)NC(=O)[C@@H](Cc1ccccc1)N(Cc1ccc(Br)cc1)C(=O)CSCc1cccc(C)c1. The molecule has 0 aliphatic carbocycles. The first-order valence-electron chi connectivity index (χ1n) is 12.4. The lowest BCUT2D eigenvalue weighted by atomic mass is 10.0. The zero-order chi connectivity index (χ0) is 25.9. The second-order valence-corrected chi connectivity index (χ2v) is 11.1. The molecule has 0 aromatic heterocycles. The van der Waals surface area contributed by atoms with Crippen molar-refractivity contribution in [3.63, 3.8) is 0 Å². The minimum atomic E-state index is -0.600. The Morgan fingerprint density at radius 1 is 0.944 bits per heavy atom. The summed E-state index contributed by atoms with van der Waals surface area (Å²) in [6.45, 7) is 6.49. The van der Waals surface area contributed by atoms with E-state index in [4.69, 9.17) is 0 Å². The molecule has 190 valence electrons. The lowest BCUT2D eigenvalue weighted by molar-refractivity contribution is -0.139. The van der Waals surface area contributed by atoms with Crippen LogP contribution in [0.3, 0.4) is 0 Å². The molecule has 0 spiro atoms. The summed E-state index contributed by atoms with van der Waals surface area (Å²) in [5.41, 5.74) is 4.43. The van der Waals surface area contributed by atoms with Gasteiger partial charge in [-0.2, -0.15) is 0 Å². The number of thioether (sulfide) groups is 1. The molecule has 3 aromatic carbocycles. The Kier molecular flexibility index (Phi) is 11.1. The second kappa shape index (κ2) is 14.2. The molecular formula is C30H35BrN2O2S. The van der Waals surface area contributed by atoms with E-state index in [-0.39, 0.29) is 17.9 Å². The molecule has 2 amide bonds. The van der Waals surface area contributed by atoms with Gasteiger partial charge in [0, 0.05) is 29.2 Å². The average molecular weight is 568 g/mol. The fraction of sp³-hybridized carbons (Fsp3) is 0.333. The van der Waals surface area contributed by atoms with E-state index in [1.165, 1.54) is 11.1 Å². The van der Waals surface area contributed by atoms with Gasteiger partial charge in [-0.25, -0.2) is 0 Å². The van der Waals surface area contributed by atoms with E-state index in [0.717, 1.165) is 27.8 Å². The van der Waals surface area contributed by atoms with Crippen LogP contribution in [0.4, 0.5) is 0 Å². The smallest absolute Gasteiger partial charge is 0.243 e. The zero-order valence-electron chi connectivity index (χ0n) is 21.2. The summed E-state index contributed by atoms with van der Waals surface area (Å²) in [7, 11) is 0. The molecule has 6 heteroatoms. The Labute approximate surface area is 228 Å². The van der Waals surface area contributed by atoms with Crippen molar-refractivity contribution >= 4 is 39.5 Å². The van der Waals surface area contributed by atoms with Gasteiger partial charge in [0.2, 0.25) is 11.8 Å². The summed E-state index contributed by atoms with van der Waals surface area (Å²) in [5, 5.41) is 3.12. The maximum atomic E-state index is 13.7. The monoisotopic (exact) mass is 566 g/mol. The fourth-order valence-electron chi connectivity index (χ4n) is 3.92. The normalized spacial score (nSPS) is 12.6. The van der Waals surface area contributed by atoms with Gasteiger partial charge in [0.25, 0.3) is 0 Å². The Morgan fingerprint density at radius 3 is 2.31 bits per heavy atom. The van der Waals surface area contributed by atoms with Crippen molar-refractivity contribution in [1.29, 1.82) is 0 Å². The number of carbonyl (C=O) groups is 2. The van der Waals surface area contributed by atoms with Crippen LogP contribution in [-0.2, 0) is 28.3 Å². The molecule has 0 aliphatic heterocycles. The van der Waals surface area contributed by atoms with Crippen LogP contribution >= 0.6 is 27.7 Å². The summed E-state index contributed by atoms with van der Waals surface area (Å²) in [5.74, 6) is 0.923. The van der Waals surface area contributed by atoms with E-state index in [1.807, 2.05) is 74.5 Å². The third-order valence-corrected chi connectivity index (χ3v) is 7.63. The van der Waals surface area contributed by atoms with E-state index in [1.54, 1.807) is 16.7 Å². The van der Waals surface area contributed by atoms with Crippen molar-refractivity contribution in [2.24, 2.45) is 0 Å². The molecular weight excluding hydrogens is 532 g/mol. The van der Waals surface area contributed by atoms with E-state index < -0.39 is 6.04 Å². The van der Waals surface area contributed by atoms with Crippen molar-refractivity contribution < 1.29 is 9.59 Å². The molecule has 0 bridgehead atoms. The maximum Gasteiger partial charge on any atom is 0.243 e. The second-order valence-electron chi connectivity index (χ2n) is 9.15. The summed E-state index contributed by atoms with van der Waals surface area (Å²) in [6, 6.07) is 25.6. The quantitative estimate of drug-likeness (QED) is 0.270. The predicted molar refractivity (Wildman–Crippen MR) is 154 cm³/mol. The lowest BCUT2D eigenvalue weighted by Crippen LogP contribution is -2.52. The molecule has 0 fully saturated rings. The van der Waals surface area contributed by atoms with Gasteiger partial charge >= 0.3 is 0 Å². The first-order valence-corrected chi connectivity index (χ1v) is 14.3. The third-order valence-electron chi connectivity index (χ3n) is 6.12. The Balaban J connectivity index is 1.85. The Hall–Kier alpha value is -2.57. The van der Waals surface area contributed by atoms with Crippen LogP contribution in [0.25, 0.3) is 0 Å². The number of aryl methyl sites for hydroxylation is 1. The van der Waals surface area contributed by atoms with Gasteiger partial charge in [0.1, 0.15) is 6.04 Å². The summed E-state index contributed by atoms with van der Waals surface area (Å²) in [4.78, 5) is 29.0. The molecule has 0 heterocycles. The molecule has 3 rings (SSSR count). The number of hydrogen-bond donors (Lipinski definition) is 1. The topological polar surface area (TPSA) is 49.4 Å². The van der Waals surface area contributed by atoms with Gasteiger partial charge in [0.05, 0.1) is 5.75 Å². The standard InChI is InChI=1S/C30H35BrN2O2S/c1-4-23(3)32-30(35)28(18-24-10-6-5-7-11-24)33(19-25-13-15-27(31)16-14-25)29(34)21-36-20-26-12-8-9-22(2)17-26/h5-17,23,28H,4,18-21H2,1-3H3,(H,32,35)/t23-,28-/m1/s1. The molecule has 2 atom stereocenters. The van der Waals surface area contributed by atoms with Gasteiger partial charge in [-0.3, -0.25) is 9.59 Å². The fourth-order valence-corrected chi connectivity index (χ4v) is 5.04. The maximum absolute atomic E-state index is 13.7. The number of rotatable bonds is 12. The molecule has 0 unspecified atom stereocenters. The number of hydrogen-bond acceptors (Lipinski definition) is 3. The molecule has 0 saturated carbocycles. The molecule has 0 saturated heterocycles. The predicted octanol–water partition coefficient (Wildman–Crippen LogP) is 6.55. The number of carbonyl (C=O) groups excluding carboxylic acids is 2. The van der Waals surface area contributed by atoms with Crippen molar-refractivity contribution in [3.8, 4) is 0 Å². The molecule has 4 nitrogen and oxygen atoms in total. The first kappa shape index (κ1) is 28.0. The summed E-state index contributed by atoms with van der Waals surface area (Å²) in [6.07, 6.45) is 1.30. The number of nitrogens with one attached hydrogen (secondary N) is 1. The van der Waals surface area contributed by atoms with Crippen molar-refractivity contribution in [2.45, 2.75) is 58.0 Å². The van der Waals surface area contributed by atoms with E-state index in [0.29, 0.717) is 18.7 Å². The van der Waals surface area contributed by atoms with Crippen LogP contribution in [0.1, 0.15) is 42.5 Å². The first-order chi connectivity index (χ1) is 17.4. The zero-order valence-corrected chi connectivity index (χ0v) is 23.6. The largest absolute Gasteiger partial charge is 0.352 e. The van der Waals surface area contributed by atoms with Crippen molar-refractivity contribution in [3.05, 3.63) is 106 Å². The molecule has 0 radical (unpaired) electrons. The molecule has 0 aliphatic rings. The van der Waals surface area contributed by atoms with E-state index >= 15 is 0 Å². The van der Waals surface area contributed by atoms with Gasteiger partial charge in [-0.05, 0) is 49.1 Å². The lowest BCUT2D eigenvalue weighted by Gasteiger charge is -2.32. The van der Waals surface area contributed by atoms with Crippen molar-refractivity contribution in [1.82, 2.24) is 10.2 Å².